The first-order valence-corrected chi connectivity index (χ1v) is 4.01. The highest BCUT2D eigenvalue weighted by Gasteiger charge is 2.00. The molecule has 1 aromatic heterocycles. The van der Waals surface area contributed by atoms with Gasteiger partial charge in [0.25, 0.3) is 0 Å². The van der Waals surface area contributed by atoms with Crippen LogP contribution in [0.4, 0.5) is 0 Å². The highest BCUT2D eigenvalue weighted by atomic mass is 16.5. The van der Waals surface area contributed by atoms with Crippen molar-refractivity contribution >= 4 is 0 Å². The first-order chi connectivity index (χ1) is 5.83. The third kappa shape index (κ3) is 2.98. The van der Waals surface area contributed by atoms with Gasteiger partial charge < -0.3 is 15.6 Å². The fourth-order valence-electron chi connectivity index (χ4n) is 0.816. The second-order valence-corrected chi connectivity index (χ2v) is 2.69. The van der Waals surface area contributed by atoms with E-state index in [2.05, 4.69) is 20.0 Å². The topological polar surface area (TPSA) is 77.0 Å². The van der Waals surface area contributed by atoms with Crippen LogP contribution in [0.5, 0.6) is 0 Å². The quantitative estimate of drug-likeness (QED) is 0.625. The fraction of sp³-hybridized carbons (Fsp3) is 0.714. The molecule has 0 spiro atoms. The lowest BCUT2D eigenvalue weighted by molar-refractivity contribution is 0.408. The summed E-state index contributed by atoms with van der Waals surface area (Å²) in [7, 11) is 0. The Balaban J connectivity index is 2.11. The first kappa shape index (κ1) is 9.15. The van der Waals surface area contributed by atoms with Crippen LogP contribution < -0.4 is 11.1 Å². The average Bonchev–Trinajstić information content (AvgIpc) is 2.57. The van der Waals surface area contributed by atoms with Gasteiger partial charge in [-0.05, 0) is 6.92 Å². The average molecular weight is 170 g/mol. The van der Waals surface area contributed by atoms with Gasteiger partial charge >= 0.3 is 0 Å². The van der Waals surface area contributed by atoms with E-state index in [0.29, 0.717) is 12.6 Å². The summed E-state index contributed by atoms with van der Waals surface area (Å²) in [6, 6.07) is 0.344. The van der Waals surface area contributed by atoms with Gasteiger partial charge in [-0.3, -0.25) is 0 Å². The number of hydrogen-bond acceptors (Lipinski definition) is 5. The van der Waals surface area contributed by atoms with Gasteiger partial charge in [0, 0.05) is 25.6 Å². The van der Waals surface area contributed by atoms with E-state index >= 15 is 0 Å². The third-order valence-electron chi connectivity index (χ3n) is 1.60. The van der Waals surface area contributed by atoms with E-state index in [9.17, 15) is 0 Å². The molecule has 5 nitrogen and oxygen atoms in total. The Kier molecular flexibility index (Phi) is 3.69. The SMILES string of the molecule is CC(CN)NCCc1ncon1. The van der Waals surface area contributed by atoms with Crippen molar-refractivity contribution in [2.24, 2.45) is 5.73 Å². The highest BCUT2D eigenvalue weighted by Crippen LogP contribution is 1.88. The van der Waals surface area contributed by atoms with E-state index in [0.717, 1.165) is 18.8 Å². The summed E-state index contributed by atoms with van der Waals surface area (Å²) in [6.45, 7) is 3.51. The largest absolute Gasteiger partial charge is 0.343 e. The van der Waals surface area contributed by atoms with Crippen molar-refractivity contribution in [3.8, 4) is 0 Å². The molecule has 5 heteroatoms. The lowest BCUT2D eigenvalue weighted by Crippen LogP contribution is -2.34. The van der Waals surface area contributed by atoms with E-state index in [-0.39, 0.29) is 0 Å². The zero-order valence-corrected chi connectivity index (χ0v) is 7.16. The number of nitrogens with zero attached hydrogens (tertiary/aromatic N) is 2. The molecule has 1 unspecified atom stereocenters. The molecule has 0 radical (unpaired) electrons. The van der Waals surface area contributed by atoms with E-state index in [1.165, 1.54) is 6.39 Å². The molecule has 1 aromatic rings. The van der Waals surface area contributed by atoms with Crippen molar-refractivity contribution in [3.05, 3.63) is 12.2 Å². The lowest BCUT2D eigenvalue weighted by atomic mass is 10.3. The second kappa shape index (κ2) is 4.84. The normalized spacial score (nSPS) is 13.2. The Labute approximate surface area is 71.3 Å². The molecule has 0 aliphatic rings. The maximum absolute atomic E-state index is 5.42. The molecule has 0 fully saturated rings. The van der Waals surface area contributed by atoms with Crippen molar-refractivity contribution in [2.45, 2.75) is 19.4 Å². The van der Waals surface area contributed by atoms with Gasteiger partial charge in [0.15, 0.2) is 5.82 Å². The van der Waals surface area contributed by atoms with Gasteiger partial charge in [-0.1, -0.05) is 5.16 Å². The maximum atomic E-state index is 5.42. The molecule has 1 atom stereocenters. The zero-order valence-electron chi connectivity index (χ0n) is 7.16. The maximum Gasteiger partial charge on any atom is 0.213 e. The van der Waals surface area contributed by atoms with Crippen molar-refractivity contribution in [1.82, 2.24) is 15.5 Å². The highest BCUT2D eigenvalue weighted by molar-refractivity contribution is 4.79. The van der Waals surface area contributed by atoms with Crippen LogP contribution in [0, 0.1) is 0 Å². The standard InChI is InChI=1S/C7H14N4O/c1-6(4-8)9-3-2-7-10-5-12-11-7/h5-6,9H,2-4,8H2,1H3. The summed E-state index contributed by atoms with van der Waals surface area (Å²) in [5.41, 5.74) is 5.42. The monoisotopic (exact) mass is 170 g/mol. The van der Waals surface area contributed by atoms with Crippen LogP contribution >= 0.6 is 0 Å². The minimum absolute atomic E-state index is 0.344. The van der Waals surface area contributed by atoms with Gasteiger partial charge in [-0.25, -0.2) is 0 Å². The summed E-state index contributed by atoms with van der Waals surface area (Å²) in [4.78, 5) is 3.89. The Morgan fingerprint density at radius 2 is 2.58 bits per heavy atom. The predicted molar refractivity (Wildman–Crippen MR) is 44.5 cm³/mol. The molecule has 0 amide bonds. The molecule has 68 valence electrons. The van der Waals surface area contributed by atoms with Crippen molar-refractivity contribution in [1.29, 1.82) is 0 Å². The van der Waals surface area contributed by atoms with Crippen LogP contribution in [0.1, 0.15) is 12.7 Å². The molecular formula is C7H14N4O. The molecule has 1 rings (SSSR count). The minimum Gasteiger partial charge on any atom is -0.343 e. The number of rotatable bonds is 5. The van der Waals surface area contributed by atoms with Gasteiger partial charge in [0.1, 0.15) is 0 Å². The molecule has 0 saturated heterocycles. The van der Waals surface area contributed by atoms with E-state index in [1.54, 1.807) is 0 Å². The van der Waals surface area contributed by atoms with Crippen molar-refractivity contribution < 1.29 is 4.52 Å². The van der Waals surface area contributed by atoms with Crippen LogP contribution in [0.15, 0.2) is 10.9 Å². The van der Waals surface area contributed by atoms with Gasteiger partial charge in [-0.15, -0.1) is 0 Å². The Morgan fingerprint density at radius 3 is 3.17 bits per heavy atom. The van der Waals surface area contributed by atoms with Crippen LogP contribution in [0.3, 0.4) is 0 Å². The predicted octanol–water partition coefficient (Wildman–Crippen LogP) is -0.451. The molecule has 3 N–H and O–H groups in total. The van der Waals surface area contributed by atoms with Crippen LogP contribution in [0.2, 0.25) is 0 Å². The summed E-state index contributed by atoms with van der Waals surface area (Å²) < 4.78 is 4.58. The summed E-state index contributed by atoms with van der Waals surface area (Å²) >= 11 is 0. The van der Waals surface area contributed by atoms with Crippen LogP contribution in [-0.2, 0) is 6.42 Å². The Morgan fingerprint density at radius 1 is 1.75 bits per heavy atom. The first-order valence-electron chi connectivity index (χ1n) is 4.01. The zero-order chi connectivity index (χ0) is 8.81. The minimum atomic E-state index is 0.344. The smallest absolute Gasteiger partial charge is 0.213 e. The number of hydrogen-bond donors (Lipinski definition) is 2. The van der Waals surface area contributed by atoms with Gasteiger partial charge in [0.2, 0.25) is 6.39 Å². The van der Waals surface area contributed by atoms with E-state index in [1.807, 2.05) is 6.92 Å². The Bertz CT molecular complexity index is 199. The van der Waals surface area contributed by atoms with Crippen LogP contribution in [0.25, 0.3) is 0 Å². The van der Waals surface area contributed by atoms with Gasteiger partial charge in [0.05, 0.1) is 0 Å². The molecule has 0 bridgehead atoms. The molecule has 0 aliphatic carbocycles. The van der Waals surface area contributed by atoms with Crippen molar-refractivity contribution in [3.63, 3.8) is 0 Å². The number of aromatic nitrogens is 2. The van der Waals surface area contributed by atoms with E-state index < -0.39 is 0 Å². The van der Waals surface area contributed by atoms with E-state index in [4.69, 9.17) is 5.73 Å². The molecule has 0 aliphatic heterocycles. The van der Waals surface area contributed by atoms with Gasteiger partial charge in [-0.2, -0.15) is 4.98 Å². The molecule has 1 heterocycles. The molecular weight excluding hydrogens is 156 g/mol. The molecule has 0 saturated carbocycles. The molecule has 12 heavy (non-hydrogen) atoms. The van der Waals surface area contributed by atoms with Crippen LogP contribution in [-0.4, -0.2) is 29.3 Å². The summed E-state index contributed by atoms with van der Waals surface area (Å²) in [6.07, 6.45) is 2.11. The number of nitrogens with two attached hydrogens (primary N) is 1. The lowest BCUT2D eigenvalue weighted by Gasteiger charge is -2.08. The molecule has 0 aromatic carbocycles. The third-order valence-corrected chi connectivity index (χ3v) is 1.60. The number of nitrogens with one attached hydrogen (secondary N) is 1. The summed E-state index contributed by atoms with van der Waals surface area (Å²) in [5, 5.41) is 6.91. The van der Waals surface area contributed by atoms with Crippen molar-refractivity contribution in [2.75, 3.05) is 13.1 Å². The Hall–Kier alpha value is -0.940. The summed E-state index contributed by atoms with van der Waals surface area (Å²) in [5.74, 6) is 0.728. The second-order valence-electron chi connectivity index (χ2n) is 2.69. The fourth-order valence-corrected chi connectivity index (χ4v) is 0.816.